The van der Waals surface area contributed by atoms with Crippen molar-refractivity contribution < 1.29 is 4.74 Å². The van der Waals surface area contributed by atoms with Crippen molar-refractivity contribution in [1.82, 2.24) is 0 Å². The van der Waals surface area contributed by atoms with E-state index in [1.165, 1.54) is 0 Å². The molecule has 4 heteroatoms. The highest BCUT2D eigenvalue weighted by atomic mass is 79.9. The topological polar surface area (TPSA) is 47.6 Å². The number of hydrogen-bond donors (Lipinski definition) is 1. The number of rotatable bonds is 5. The van der Waals surface area contributed by atoms with E-state index >= 15 is 0 Å². The minimum Gasteiger partial charge on any atom is -0.387 e. The summed E-state index contributed by atoms with van der Waals surface area (Å²) in [4.78, 5) is 4.08. The van der Waals surface area contributed by atoms with Crippen molar-refractivity contribution in [2.45, 2.75) is 31.7 Å². The predicted octanol–water partition coefficient (Wildman–Crippen LogP) is 1.90. The van der Waals surface area contributed by atoms with Crippen molar-refractivity contribution in [1.29, 1.82) is 0 Å². The van der Waals surface area contributed by atoms with Gasteiger partial charge in [-0.25, -0.2) is 0 Å². The molecule has 0 aromatic rings. The van der Waals surface area contributed by atoms with Gasteiger partial charge in [0.25, 0.3) is 0 Å². The van der Waals surface area contributed by atoms with Crippen molar-refractivity contribution >= 4 is 21.8 Å². The molecule has 12 heavy (non-hydrogen) atoms. The van der Waals surface area contributed by atoms with Crippen molar-refractivity contribution in [3.8, 4) is 0 Å². The second kappa shape index (κ2) is 5.54. The maximum absolute atomic E-state index is 5.64. The molecule has 0 saturated heterocycles. The summed E-state index contributed by atoms with van der Waals surface area (Å²) in [7, 11) is 0. The molecule has 0 heterocycles. The number of halogens is 1. The first-order valence-electron chi connectivity index (χ1n) is 4.13. The molecule has 0 aromatic carbocycles. The Labute approximate surface area is 82.5 Å². The van der Waals surface area contributed by atoms with Crippen LogP contribution in [-0.4, -0.2) is 23.5 Å². The van der Waals surface area contributed by atoms with E-state index in [0.29, 0.717) is 18.9 Å². The van der Waals surface area contributed by atoms with E-state index < -0.39 is 0 Å². The highest BCUT2D eigenvalue weighted by Gasteiger charge is 2.21. The van der Waals surface area contributed by atoms with Crippen molar-refractivity contribution in [3.63, 3.8) is 0 Å². The lowest BCUT2D eigenvalue weighted by Gasteiger charge is -2.21. The fraction of sp³-hybridized carbons (Fsp3) is 0.875. The third-order valence-corrected chi connectivity index (χ3v) is 1.81. The van der Waals surface area contributed by atoms with Crippen LogP contribution in [0.5, 0.6) is 0 Å². The Balaban J connectivity index is 3.95. The molecule has 1 unspecified atom stereocenters. The van der Waals surface area contributed by atoms with Crippen LogP contribution in [0.25, 0.3) is 0 Å². The maximum atomic E-state index is 5.64. The summed E-state index contributed by atoms with van der Waals surface area (Å²) in [6.07, 6.45) is 0.620. The molecule has 0 amide bonds. The molecule has 3 nitrogen and oxygen atoms in total. The Hall–Kier alpha value is -0.0900. The zero-order chi connectivity index (χ0) is 9.61. The van der Waals surface area contributed by atoms with Crippen LogP contribution >= 0.6 is 15.9 Å². The molecule has 1 atom stereocenters. The lowest BCUT2D eigenvalue weighted by molar-refractivity contribution is 0.0595. The molecule has 0 aliphatic heterocycles. The summed E-state index contributed by atoms with van der Waals surface area (Å²) in [5, 5.41) is 0. The third-order valence-electron chi connectivity index (χ3n) is 1.30. The minimum absolute atomic E-state index is 0.371. The van der Waals surface area contributed by atoms with E-state index in [4.69, 9.17) is 10.5 Å². The molecule has 0 aliphatic carbocycles. The predicted molar refractivity (Wildman–Crippen MR) is 55.7 cm³/mol. The van der Waals surface area contributed by atoms with E-state index in [2.05, 4.69) is 20.9 Å². The molecule has 0 aromatic heterocycles. The number of ether oxygens (including phenoxy) is 1. The fourth-order valence-corrected chi connectivity index (χ4v) is 1.45. The zero-order valence-corrected chi connectivity index (χ0v) is 9.52. The third kappa shape index (κ3) is 5.55. The molecule has 0 spiro atoms. The van der Waals surface area contributed by atoms with Gasteiger partial charge in [-0.15, -0.1) is 0 Å². The molecule has 2 N–H and O–H groups in total. The minimum atomic E-state index is -0.371. The van der Waals surface area contributed by atoms with Gasteiger partial charge in [0.2, 0.25) is 0 Å². The van der Waals surface area contributed by atoms with Crippen LogP contribution < -0.4 is 5.73 Å². The summed E-state index contributed by atoms with van der Waals surface area (Å²) in [6, 6.07) is 0. The number of nitrogens with zero attached hydrogens (tertiary/aromatic N) is 1. The lowest BCUT2D eigenvalue weighted by atomic mass is 10.2. The second-order valence-corrected chi connectivity index (χ2v) is 4.35. The fourth-order valence-electron chi connectivity index (χ4n) is 0.934. The highest BCUT2D eigenvalue weighted by Crippen LogP contribution is 2.22. The van der Waals surface area contributed by atoms with Crippen molar-refractivity contribution in [2.75, 3.05) is 13.2 Å². The van der Waals surface area contributed by atoms with Gasteiger partial charge in [0, 0.05) is 19.6 Å². The van der Waals surface area contributed by atoms with E-state index in [-0.39, 0.29) is 4.51 Å². The lowest BCUT2D eigenvalue weighted by Crippen LogP contribution is -2.28. The van der Waals surface area contributed by atoms with Gasteiger partial charge in [0.05, 0.1) is 5.84 Å². The first-order chi connectivity index (χ1) is 5.52. The van der Waals surface area contributed by atoms with Crippen LogP contribution in [0, 0.1) is 0 Å². The van der Waals surface area contributed by atoms with Crippen LogP contribution in [0.4, 0.5) is 0 Å². The van der Waals surface area contributed by atoms with Gasteiger partial charge in [-0.2, -0.15) is 0 Å². The summed E-state index contributed by atoms with van der Waals surface area (Å²) in [6.45, 7) is 7.24. The second-order valence-electron chi connectivity index (χ2n) is 2.68. The standard InChI is InChI=1S/C8H17BrN2O/c1-4-11-7(10)6-8(3,9)12-5-2/h4-6H2,1-3H3,(H2,10,11). The molecule has 0 bridgehead atoms. The quantitative estimate of drug-likeness (QED) is 0.451. The van der Waals surface area contributed by atoms with Crippen LogP contribution in [-0.2, 0) is 4.74 Å². The Morgan fingerprint density at radius 1 is 1.58 bits per heavy atom. The first-order valence-corrected chi connectivity index (χ1v) is 4.92. The normalized spacial score (nSPS) is 17.5. The van der Waals surface area contributed by atoms with Gasteiger partial charge in [-0.1, -0.05) is 15.9 Å². The number of hydrogen-bond acceptors (Lipinski definition) is 2. The van der Waals surface area contributed by atoms with Gasteiger partial charge >= 0.3 is 0 Å². The molecule has 72 valence electrons. The Kier molecular flexibility index (Phi) is 5.50. The van der Waals surface area contributed by atoms with Gasteiger partial charge in [0.1, 0.15) is 4.51 Å². The smallest absolute Gasteiger partial charge is 0.127 e. The zero-order valence-electron chi connectivity index (χ0n) is 7.93. The molecule has 0 aliphatic rings. The number of aliphatic imine (C=N–C) groups is 1. The number of nitrogens with two attached hydrogens (primary N) is 1. The first kappa shape index (κ1) is 11.9. The number of alkyl halides is 1. The molecule has 0 radical (unpaired) electrons. The Bertz CT molecular complexity index is 157. The average molecular weight is 237 g/mol. The van der Waals surface area contributed by atoms with Gasteiger partial charge < -0.3 is 10.5 Å². The van der Waals surface area contributed by atoms with E-state index in [1.807, 2.05) is 20.8 Å². The summed E-state index contributed by atoms with van der Waals surface area (Å²) in [5.74, 6) is 0.630. The van der Waals surface area contributed by atoms with Gasteiger partial charge in [0.15, 0.2) is 0 Å². The Morgan fingerprint density at radius 3 is 2.58 bits per heavy atom. The largest absolute Gasteiger partial charge is 0.387 e. The Morgan fingerprint density at radius 2 is 2.17 bits per heavy atom. The SMILES string of the molecule is CCN=C(N)CC(C)(Br)OCC. The summed E-state index contributed by atoms with van der Waals surface area (Å²) >= 11 is 3.43. The average Bonchev–Trinajstić information content (AvgIpc) is 1.85. The summed E-state index contributed by atoms with van der Waals surface area (Å²) in [5.41, 5.74) is 5.64. The molecule has 0 rings (SSSR count). The van der Waals surface area contributed by atoms with Gasteiger partial charge in [-0.05, 0) is 20.8 Å². The van der Waals surface area contributed by atoms with E-state index in [0.717, 1.165) is 6.54 Å². The molecular formula is C8H17BrN2O. The molecular weight excluding hydrogens is 220 g/mol. The van der Waals surface area contributed by atoms with Crippen LogP contribution in [0.3, 0.4) is 0 Å². The summed E-state index contributed by atoms with van der Waals surface area (Å²) < 4.78 is 5.03. The van der Waals surface area contributed by atoms with Crippen molar-refractivity contribution in [2.24, 2.45) is 10.7 Å². The van der Waals surface area contributed by atoms with E-state index in [9.17, 15) is 0 Å². The number of amidine groups is 1. The van der Waals surface area contributed by atoms with E-state index in [1.54, 1.807) is 0 Å². The molecule has 0 saturated carbocycles. The van der Waals surface area contributed by atoms with Gasteiger partial charge in [-0.3, -0.25) is 4.99 Å². The van der Waals surface area contributed by atoms with Crippen LogP contribution in [0.1, 0.15) is 27.2 Å². The van der Waals surface area contributed by atoms with Crippen LogP contribution in [0.2, 0.25) is 0 Å². The highest BCUT2D eigenvalue weighted by molar-refractivity contribution is 9.10. The van der Waals surface area contributed by atoms with Crippen LogP contribution in [0.15, 0.2) is 4.99 Å². The molecule has 0 fully saturated rings. The maximum Gasteiger partial charge on any atom is 0.127 e. The monoisotopic (exact) mass is 236 g/mol. The van der Waals surface area contributed by atoms with Crippen molar-refractivity contribution in [3.05, 3.63) is 0 Å².